The molecule has 1 aliphatic rings. The molecule has 0 aliphatic carbocycles. The maximum Gasteiger partial charge on any atom is 0.117 e. The molecule has 0 bridgehead atoms. The molecule has 0 radical (unpaired) electrons. The fourth-order valence-electron chi connectivity index (χ4n) is 1.74. The lowest BCUT2D eigenvalue weighted by Crippen LogP contribution is -2.41. The summed E-state index contributed by atoms with van der Waals surface area (Å²) in [7, 11) is 0. The molecule has 1 saturated heterocycles. The van der Waals surface area contributed by atoms with E-state index in [1.165, 1.54) is 0 Å². The average Bonchev–Trinajstić information content (AvgIpc) is 2.18. The first-order valence-corrected chi connectivity index (χ1v) is 4.91. The molecular weight excluding hydrogens is 178 g/mol. The SMILES string of the molecule is C[C@H]1CN(c2cccc(O)c2)CCO1. The second-order valence-corrected chi connectivity index (χ2v) is 3.65. The van der Waals surface area contributed by atoms with E-state index in [1.54, 1.807) is 12.1 Å². The molecule has 1 N–H and O–H groups in total. The van der Waals surface area contributed by atoms with Gasteiger partial charge in [-0.15, -0.1) is 0 Å². The number of aromatic hydroxyl groups is 1. The molecule has 1 fully saturated rings. The molecule has 3 nitrogen and oxygen atoms in total. The maximum atomic E-state index is 9.35. The minimum atomic E-state index is 0.270. The minimum Gasteiger partial charge on any atom is -0.508 e. The first-order chi connectivity index (χ1) is 6.75. The molecule has 1 aliphatic heterocycles. The fourth-order valence-corrected chi connectivity index (χ4v) is 1.74. The van der Waals surface area contributed by atoms with Gasteiger partial charge in [-0.25, -0.2) is 0 Å². The highest BCUT2D eigenvalue weighted by Gasteiger charge is 2.16. The van der Waals surface area contributed by atoms with Crippen molar-refractivity contribution in [1.82, 2.24) is 0 Å². The van der Waals surface area contributed by atoms with Gasteiger partial charge in [0, 0.05) is 24.8 Å². The number of rotatable bonds is 1. The van der Waals surface area contributed by atoms with Gasteiger partial charge in [0.1, 0.15) is 5.75 Å². The lowest BCUT2D eigenvalue weighted by atomic mass is 10.2. The van der Waals surface area contributed by atoms with Crippen molar-refractivity contribution in [3.63, 3.8) is 0 Å². The molecule has 0 amide bonds. The number of hydrogen-bond donors (Lipinski definition) is 1. The maximum absolute atomic E-state index is 9.35. The molecular formula is C11H15NO2. The standard InChI is InChI=1S/C11H15NO2/c1-9-8-12(5-6-14-9)10-3-2-4-11(13)7-10/h2-4,7,9,13H,5-6,8H2,1H3/t9-/m0/s1. The Kier molecular flexibility index (Phi) is 2.59. The van der Waals surface area contributed by atoms with Crippen LogP contribution in [0.3, 0.4) is 0 Å². The molecule has 0 unspecified atom stereocenters. The molecule has 2 rings (SSSR count). The van der Waals surface area contributed by atoms with Crippen molar-refractivity contribution in [3.05, 3.63) is 24.3 Å². The number of anilines is 1. The van der Waals surface area contributed by atoms with Crippen LogP contribution in [-0.2, 0) is 4.74 Å². The predicted molar refractivity (Wildman–Crippen MR) is 55.7 cm³/mol. The fraction of sp³-hybridized carbons (Fsp3) is 0.455. The molecule has 0 aromatic heterocycles. The van der Waals surface area contributed by atoms with E-state index >= 15 is 0 Å². The third kappa shape index (κ3) is 1.99. The van der Waals surface area contributed by atoms with Crippen LogP contribution in [0.4, 0.5) is 5.69 Å². The summed E-state index contributed by atoms with van der Waals surface area (Å²) in [4.78, 5) is 2.23. The van der Waals surface area contributed by atoms with Gasteiger partial charge < -0.3 is 14.7 Å². The van der Waals surface area contributed by atoms with E-state index in [9.17, 15) is 5.11 Å². The van der Waals surface area contributed by atoms with E-state index in [0.29, 0.717) is 5.75 Å². The van der Waals surface area contributed by atoms with E-state index in [1.807, 2.05) is 12.1 Å². The summed E-state index contributed by atoms with van der Waals surface area (Å²) in [5.74, 6) is 0.321. The summed E-state index contributed by atoms with van der Waals surface area (Å²) >= 11 is 0. The van der Waals surface area contributed by atoms with Gasteiger partial charge in [0.05, 0.1) is 12.7 Å². The van der Waals surface area contributed by atoms with Crippen LogP contribution in [0.1, 0.15) is 6.92 Å². The summed E-state index contributed by atoms with van der Waals surface area (Å²) < 4.78 is 5.46. The molecule has 1 atom stereocenters. The van der Waals surface area contributed by atoms with E-state index in [0.717, 1.165) is 25.4 Å². The van der Waals surface area contributed by atoms with Crippen LogP contribution in [0.5, 0.6) is 5.75 Å². The topological polar surface area (TPSA) is 32.7 Å². The first-order valence-electron chi connectivity index (χ1n) is 4.91. The Hall–Kier alpha value is -1.22. The number of hydrogen-bond acceptors (Lipinski definition) is 3. The van der Waals surface area contributed by atoms with Crippen molar-refractivity contribution in [3.8, 4) is 5.75 Å². The van der Waals surface area contributed by atoms with E-state index < -0.39 is 0 Å². The molecule has 14 heavy (non-hydrogen) atoms. The van der Waals surface area contributed by atoms with Gasteiger partial charge in [0.15, 0.2) is 0 Å². The average molecular weight is 193 g/mol. The van der Waals surface area contributed by atoms with Gasteiger partial charge in [0.2, 0.25) is 0 Å². The Labute approximate surface area is 83.9 Å². The van der Waals surface area contributed by atoms with Crippen molar-refractivity contribution >= 4 is 5.69 Å². The highest BCUT2D eigenvalue weighted by Crippen LogP contribution is 2.21. The number of phenolic OH excluding ortho intramolecular Hbond substituents is 1. The normalized spacial score (nSPS) is 22.4. The van der Waals surface area contributed by atoms with Crippen LogP contribution in [-0.4, -0.2) is 30.9 Å². The Bertz CT molecular complexity index is 314. The lowest BCUT2D eigenvalue weighted by Gasteiger charge is -2.32. The second kappa shape index (κ2) is 3.88. The van der Waals surface area contributed by atoms with Crippen LogP contribution in [0.15, 0.2) is 24.3 Å². The van der Waals surface area contributed by atoms with Crippen molar-refractivity contribution in [2.24, 2.45) is 0 Å². The van der Waals surface area contributed by atoms with Crippen LogP contribution >= 0.6 is 0 Å². The largest absolute Gasteiger partial charge is 0.508 e. The number of benzene rings is 1. The zero-order valence-electron chi connectivity index (χ0n) is 8.31. The van der Waals surface area contributed by atoms with Crippen molar-refractivity contribution < 1.29 is 9.84 Å². The zero-order chi connectivity index (χ0) is 9.97. The summed E-state index contributed by atoms with van der Waals surface area (Å²) in [6.45, 7) is 4.61. The number of morpholine rings is 1. The van der Waals surface area contributed by atoms with Crippen molar-refractivity contribution in [1.29, 1.82) is 0 Å². The minimum absolute atomic E-state index is 0.270. The number of phenols is 1. The monoisotopic (exact) mass is 193 g/mol. The van der Waals surface area contributed by atoms with Crippen molar-refractivity contribution in [2.45, 2.75) is 13.0 Å². The highest BCUT2D eigenvalue weighted by molar-refractivity contribution is 5.50. The molecule has 76 valence electrons. The van der Waals surface area contributed by atoms with Gasteiger partial charge in [-0.3, -0.25) is 0 Å². The van der Waals surface area contributed by atoms with Gasteiger partial charge in [-0.05, 0) is 19.1 Å². The molecule has 1 aromatic carbocycles. The highest BCUT2D eigenvalue weighted by atomic mass is 16.5. The first kappa shape index (κ1) is 9.34. The third-order valence-electron chi connectivity index (χ3n) is 2.44. The van der Waals surface area contributed by atoms with Crippen LogP contribution in [0.2, 0.25) is 0 Å². The van der Waals surface area contributed by atoms with Gasteiger partial charge in [-0.1, -0.05) is 6.07 Å². The summed E-state index contributed by atoms with van der Waals surface area (Å²) in [6.07, 6.45) is 0.270. The zero-order valence-corrected chi connectivity index (χ0v) is 8.31. The summed E-state index contributed by atoms with van der Waals surface area (Å²) in [5.41, 5.74) is 1.07. The Morgan fingerprint density at radius 1 is 1.50 bits per heavy atom. The van der Waals surface area contributed by atoms with E-state index in [2.05, 4.69) is 11.8 Å². The van der Waals surface area contributed by atoms with Crippen LogP contribution in [0, 0.1) is 0 Å². The number of ether oxygens (including phenoxy) is 1. The Balaban J connectivity index is 2.14. The van der Waals surface area contributed by atoms with Crippen LogP contribution < -0.4 is 4.90 Å². The molecule has 1 aromatic rings. The van der Waals surface area contributed by atoms with Gasteiger partial charge in [-0.2, -0.15) is 0 Å². The summed E-state index contributed by atoms with van der Waals surface area (Å²) in [6, 6.07) is 7.36. The quantitative estimate of drug-likeness (QED) is 0.735. The smallest absolute Gasteiger partial charge is 0.117 e. The lowest BCUT2D eigenvalue weighted by molar-refractivity contribution is 0.0532. The molecule has 1 heterocycles. The van der Waals surface area contributed by atoms with Crippen molar-refractivity contribution in [2.75, 3.05) is 24.6 Å². The summed E-state index contributed by atoms with van der Waals surface area (Å²) in [5, 5.41) is 9.35. The molecule has 0 saturated carbocycles. The second-order valence-electron chi connectivity index (χ2n) is 3.65. The number of nitrogens with zero attached hydrogens (tertiary/aromatic N) is 1. The molecule has 0 spiro atoms. The van der Waals surface area contributed by atoms with Gasteiger partial charge in [0.25, 0.3) is 0 Å². The van der Waals surface area contributed by atoms with E-state index in [-0.39, 0.29) is 6.10 Å². The third-order valence-corrected chi connectivity index (χ3v) is 2.44. The van der Waals surface area contributed by atoms with E-state index in [4.69, 9.17) is 4.74 Å². The Morgan fingerprint density at radius 2 is 2.36 bits per heavy atom. The van der Waals surface area contributed by atoms with Gasteiger partial charge >= 0.3 is 0 Å². The Morgan fingerprint density at radius 3 is 3.07 bits per heavy atom. The van der Waals surface area contributed by atoms with Crippen LogP contribution in [0.25, 0.3) is 0 Å². The molecule has 3 heteroatoms. The predicted octanol–water partition coefficient (Wildman–Crippen LogP) is 1.62.